The second kappa shape index (κ2) is 6.75. The highest BCUT2D eigenvalue weighted by molar-refractivity contribution is 9.10. The van der Waals surface area contributed by atoms with Crippen molar-refractivity contribution >= 4 is 38.9 Å². The lowest BCUT2D eigenvalue weighted by Gasteiger charge is -2.16. The molecule has 2 aromatic rings. The predicted molar refractivity (Wildman–Crippen MR) is 85.3 cm³/mol. The molecule has 2 rings (SSSR count). The largest absolute Gasteiger partial charge is 0.488 e. The van der Waals surface area contributed by atoms with Crippen LogP contribution in [0.3, 0.4) is 0 Å². The van der Waals surface area contributed by atoms with Crippen LogP contribution >= 0.6 is 38.9 Å². The van der Waals surface area contributed by atoms with Crippen LogP contribution in [-0.2, 0) is 6.61 Å². The summed E-state index contributed by atoms with van der Waals surface area (Å²) in [6.07, 6.45) is 0. The zero-order chi connectivity index (χ0) is 13.8. The van der Waals surface area contributed by atoms with Gasteiger partial charge in [0.25, 0.3) is 0 Å². The fraction of sp³-hybridized carbons (Fsp3) is 0.286. The van der Waals surface area contributed by atoms with Crippen molar-refractivity contribution in [3.05, 3.63) is 49.6 Å². The van der Waals surface area contributed by atoms with Crippen molar-refractivity contribution in [1.82, 2.24) is 5.32 Å². The van der Waals surface area contributed by atoms with E-state index in [0.717, 1.165) is 25.0 Å². The van der Waals surface area contributed by atoms with E-state index >= 15 is 0 Å². The van der Waals surface area contributed by atoms with Crippen LogP contribution in [0.1, 0.15) is 23.4 Å². The van der Waals surface area contributed by atoms with Gasteiger partial charge in [-0.25, -0.2) is 0 Å². The minimum Gasteiger partial charge on any atom is -0.488 e. The first-order valence-electron chi connectivity index (χ1n) is 5.94. The summed E-state index contributed by atoms with van der Waals surface area (Å²) in [4.78, 5) is 1.12. The molecule has 0 amide bonds. The van der Waals surface area contributed by atoms with Gasteiger partial charge < -0.3 is 10.1 Å². The number of ether oxygens (including phenoxy) is 1. The number of nitrogens with one attached hydrogen (secondary N) is 1. The average Bonchev–Trinajstić information content (AvgIpc) is 2.81. The maximum Gasteiger partial charge on any atom is 0.125 e. The molecule has 1 atom stereocenters. The SMILES string of the molecule is CNC(C)c1ccc(Br)cc1OCc1ccc(Cl)s1. The normalized spacial score (nSPS) is 12.4. The van der Waals surface area contributed by atoms with Crippen molar-refractivity contribution in [2.24, 2.45) is 0 Å². The molecule has 0 aliphatic rings. The summed E-state index contributed by atoms with van der Waals surface area (Å²) in [6, 6.07) is 10.2. The fourth-order valence-electron chi connectivity index (χ4n) is 1.72. The predicted octanol–water partition coefficient (Wildman–Crippen LogP) is 5.02. The number of halogens is 2. The van der Waals surface area contributed by atoms with E-state index in [1.54, 1.807) is 11.3 Å². The van der Waals surface area contributed by atoms with Crippen LogP contribution < -0.4 is 10.1 Å². The van der Waals surface area contributed by atoms with Crippen molar-refractivity contribution in [2.45, 2.75) is 19.6 Å². The molecular formula is C14H15BrClNOS. The molecule has 0 saturated carbocycles. The van der Waals surface area contributed by atoms with Gasteiger partial charge in [0.05, 0.1) is 4.34 Å². The molecule has 0 aliphatic heterocycles. The molecule has 0 bridgehead atoms. The Balaban J connectivity index is 2.16. The quantitative estimate of drug-likeness (QED) is 0.808. The number of hydrogen-bond acceptors (Lipinski definition) is 3. The van der Waals surface area contributed by atoms with E-state index in [9.17, 15) is 0 Å². The second-order valence-electron chi connectivity index (χ2n) is 4.19. The molecule has 102 valence electrons. The summed E-state index contributed by atoms with van der Waals surface area (Å²) < 4.78 is 7.72. The topological polar surface area (TPSA) is 21.3 Å². The summed E-state index contributed by atoms with van der Waals surface area (Å²) in [5, 5.41) is 3.23. The van der Waals surface area contributed by atoms with E-state index in [1.807, 2.05) is 31.3 Å². The van der Waals surface area contributed by atoms with E-state index in [-0.39, 0.29) is 6.04 Å². The van der Waals surface area contributed by atoms with Crippen LogP contribution in [0.15, 0.2) is 34.8 Å². The van der Waals surface area contributed by atoms with Crippen LogP contribution in [0.25, 0.3) is 0 Å². The molecule has 0 aliphatic carbocycles. The summed E-state index contributed by atoms with van der Waals surface area (Å²) in [5.41, 5.74) is 1.15. The van der Waals surface area contributed by atoms with E-state index in [0.29, 0.717) is 6.61 Å². The fourth-order valence-corrected chi connectivity index (χ4v) is 3.07. The van der Waals surface area contributed by atoms with Crippen LogP contribution in [0.4, 0.5) is 0 Å². The highest BCUT2D eigenvalue weighted by Gasteiger charge is 2.11. The lowest BCUT2D eigenvalue weighted by atomic mass is 10.1. The number of rotatable bonds is 5. The van der Waals surface area contributed by atoms with E-state index in [4.69, 9.17) is 16.3 Å². The lowest BCUT2D eigenvalue weighted by molar-refractivity contribution is 0.303. The molecule has 0 radical (unpaired) electrons. The van der Waals surface area contributed by atoms with Gasteiger partial charge in [0, 0.05) is 21.0 Å². The van der Waals surface area contributed by atoms with Crippen molar-refractivity contribution in [2.75, 3.05) is 7.05 Å². The molecule has 5 heteroatoms. The Labute approximate surface area is 130 Å². The molecule has 1 N–H and O–H groups in total. The highest BCUT2D eigenvalue weighted by atomic mass is 79.9. The maximum absolute atomic E-state index is 5.92. The van der Waals surface area contributed by atoms with Crippen molar-refractivity contribution in [3.8, 4) is 5.75 Å². The van der Waals surface area contributed by atoms with Gasteiger partial charge in [0.1, 0.15) is 12.4 Å². The van der Waals surface area contributed by atoms with Gasteiger partial charge in [-0.2, -0.15) is 0 Å². The minimum atomic E-state index is 0.245. The minimum absolute atomic E-state index is 0.245. The van der Waals surface area contributed by atoms with Gasteiger partial charge in [-0.1, -0.05) is 33.6 Å². The average molecular weight is 361 g/mol. The first kappa shape index (κ1) is 14.9. The smallest absolute Gasteiger partial charge is 0.125 e. The summed E-state index contributed by atoms with van der Waals surface area (Å²) in [7, 11) is 1.94. The molecule has 2 nitrogen and oxygen atoms in total. The summed E-state index contributed by atoms with van der Waals surface area (Å²) in [5.74, 6) is 0.890. The first-order chi connectivity index (χ1) is 9.10. The first-order valence-corrected chi connectivity index (χ1v) is 7.92. The number of hydrogen-bond donors (Lipinski definition) is 1. The van der Waals surface area contributed by atoms with Crippen molar-refractivity contribution in [3.63, 3.8) is 0 Å². The van der Waals surface area contributed by atoms with Gasteiger partial charge in [-0.05, 0) is 38.2 Å². The Kier molecular flexibility index (Phi) is 5.28. The molecular weight excluding hydrogens is 346 g/mol. The third kappa shape index (κ3) is 3.96. The number of benzene rings is 1. The van der Waals surface area contributed by atoms with Crippen molar-refractivity contribution in [1.29, 1.82) is 0 Å². The van der Waals surface area contributed by atoms with Gasteiger partial charge in [0.15, 0.2) is 0 Å². The number of thiophene rings is 1. The van der Waals surface area contributed by atoms with Gasteiger partial charge in [-0.15, -0.1) is 11.3 Å². The molecule has 1 aromatic carbocycles. The second-order valence-corrected chi connectivity index (χ2v) is 6.90. The van der Waals surface area contributed by atoms with Crippen LogP contribution in [0.5, 0.6) is 5.75 Å². The Hall–Kier alpha value is -0.550. The maximum atomic E-state index is 5.92. The van der Waals surface area contributed by atoms with Crippen LogP contribution in [-0.4, -0.2) is 7.05 Å². The standard InChI is InChI=1S/C14H15BrClNOS/c1-9(17-2)12-5-3-10(15)7-13(12)18-8-11-4-6-14(16)19-11/h3-7,9,17H,8H2,1-2H3. The van der Waals surface area contributed by atoms with E-state index in [1.165, 1.54) is 0 Å². The third-order valence-corrected chi connectivity index (χ3v) is 4.57. The zero-order valence-corrected chi connectivity index (χ0v) is 13.9. The summed E-state index contributed by atoms with van der Waals surface area (Å²) >= 11 is 10.9. The molecule has 1 aromatic heterocycles. The van der Waals surface area contributed by atoms with Crippen LogP contribution in [0, 0.1) is 0 Å². The molecule has 19 heavy (non-hydrogen) atoms. The monoisotopic (exact) mass is 359 g/mol. The van der Waals surface area contributed by atoms with Gasteiger partial charge in [0.2, 0.25) is 0 Å². The lowest BCUT2D eigenvalue weighted by Crippen LogP contribution is -2.13. The van der Waals surface area contributed by atoms with Crippen molar-refractivity contribution < 1.29 is 4.74 Å². The Bertz CT molecular complexity index is 558. The zero-order valence-electron chi connectivity index (χ0n) is 10.7. The van der Waals surface area contributed by atoms with E-state index in [2.05, 4.69) is 34.2 Å². The molecule has 1 unspecified atom stereocenters. The Morgan fingerprint density at radius 1 is 1.37 bits per heavy atom. The molecule has 1 heterocycles. The van der Waals surface area contributed by atoms with Crippen LogP contribution in [0.2, 0.25) is 4.34 Å². The molecule has 0 fully saturated rings. The third-order valence-electron chi connectivity index (χ3n) is 2.87. The molecule has 0 saturated heterocycles. The summed E-state index contributed by atoms with van der Waals surface area (Å²) in [6.45, 7) is 2.65. The Morgan fingerprint density at radius 3 is 2.79 bits per heavy atom. The Morgan fingerprint density at radius 2 is 2.16 bits per heavy atom. The highest BCUT2D eigenvalue weighted by Crippen LogP contribution is 2.30. The van der Waals surface area contributed by atoms with Gasteiger partial charge in [-0.3, -0.25) is 0 Å². The molecule has 0 spiro atoms. The van der Waals surface area contributed by atoms with E-state index < -0.39 is 0 Å². The van der Waals surface area contributed by atoms with Gasteiger partial charge >= 0.3 is 0 Å².